The Bertz CT molecular complexity index is 1240. The topological polar surface area (TPSA) is 67.9 Å². The molecular formula is C24H18F2N2O4. The zero-order valence-corrected chi connectivity index (χ0v) is 17.2. The van der Waals surface area contributed by atoms with Crippen LogP contribution in [0.5, 0.6) is 11.5 Å². The predicted octanol–water partition coefficient (Wildman–Crippen LogP) is 4.38. The Hall–Kier alpha value is -4.20. The van der Waals surface area contributed by atoms with E-state index in [0.717, 1.165) is 12.1 Å². The molecule has 0 saturated carbocycles. The quantitative estimate of drug-likeness (QED) is 0.581. The van der Waals surface area contributed by atoms with Crippen LogP contribution >= 0.6 is 0 Å². The number of hydrogen-bond donors (Lipinski definition) is 1. The summed E-state index contributed by atoms with van der Waals surface area (Å²) in [6.45, 7) is 0. The minimum atomic E-state index is -1.03. The van der Waals surface area contributed by atoms with Gasteiger partial charge in [0.05, 0.1) is 31.2 Å². The van der Waals surface area contributed by atoms with Gasteiger partial charge in [-0.05, 0) is 42.0 Å². The third-order valence-corrected chi connectivity index (χ3v) is 4.98. The van der Waals surface area contributed by atoms with E-state index in [1.807, 2.05) is 0 Å². The number of nitrogens with zero attached hydrogens (tertiary/aromatic N) is 1. The van der Waals surface area contributed by atoms with Gasteiger partial charge in [0.15, 0.2) is 0 Å². The van der Waals surface area contributed by atoms with Gasteiger partial charge in [-0.25, -0.2) is 13.7 Å². The highest BCUT2D eigenvalue weighted by Gasteiger charge is 2.41. The minimum absolute atomic E-state index is 0.0345. The van der Waals surface area contributed by atoms with Gasteiger partial charge in [0.2, 0.25) is 0 Å². The first-order chi connectivity index (χ1) is 15.4. The van der Waals surface area contributed by atoms with Crippen LogP contribution in [-0.4, -0.2) is 26.0 Å². The summed E-state index contributed by atoms with van der Waals surface area (Å²) in [6.07, 6.45) is 0. The highest BCUT2D eigenvalue weighted by Crippen LogP contribution is 2.36. The van der Waals surface area contributed by atoms with E-state index in [-0.39, 0.29) is 17.0 Å². The van der Waals surface area contributed by atoms with Crippen molar-refractivity contribution in [2.45, 2.75) is 0 Å². The molecule has 4 rings (SSSR count). The number of para-hydroxylation sites is 2. The molecule has 0 radical (unpaired) electrons. The van der Waals surface area contributed by atoms with Gasteiger partial charge in [-0.1, -0.05) is 24.3 Å². The van der Waals surface area contributed by atoms with Crippen molar-refractivity contribution in [2.24, 2.45) is 0 Å². The maximum absolute atomic E-state index is 14.5. The van der Waals surface area contributed by atoms with E-state index >= 15 is 0 Å². The number of halogens is 2. The molecule has 1 N–H and O–H groups in total. The largest absolute Gasteiger partial charge is 0.497 e. The zero-order valence-electron chi connectivity index (χ0n) is 17.2. The van der Waals surface area contributed by atoms with Crippen LogP contribution in [0.4, 0.5) is 20.2 Å². The van der Waals surface area contributed by atoms with Gasteiger partial charge >= 0.3 is 0 Å². The van der Waals surface area contributed by atoms with E-state index in [9.17, 15) is 18.4 Å². The Balaban J connectivity index is 1.85. The van der Waals surface area contributed by atoms with E-state index in [4.69, 9.17) is 9.47 Å². The summed E-state index contributed by atoms with van der Waals surface area (Å²) in [4.78, 5) is 27.4. The number of rotatable bonds is 6. The third kappa shape index (κ3) is 3.66. The molecule has 0 atom stereocenters. The average molecular weight is 436 g/mol. The van der Waals surface area contributed by atoms with Gasteiger partial charge in [-0.15, -0.1) is 0 Å². The summed E-state index contributed by atoms with van der Waals surface area (Å²) in [5.41, 5.74) is 0.495. The van der Waals surface area contributed by atoms with E-state index < -0.39 is 23.4 Å². The number of carbonyl (C=O) groups excluding carboxylic acids is 2. The second-order valence-corrected chi connectivity index (χ2v) is 6.85. The molecule has 8 heteroatoms. The maximum Gasteiger partial charge on any atom is 0.282 e. The minimum Gasteiger partial charge on any atom is -0.497 e. The van der Waals surface area contributed by atoms with Gasteiger partial charge in [0, 0.05) is 6.07 Å². The normalized spacial score (nSPS) is 13.6. The first-order valence-electron chi connectivity index (χ1n) is 9.57. The lowest BCUT2D eigenvalue weighted by molar-refractivity contribution is -0.120. The lowest BCUT2D eigenvalue weighted by Crippen LogP contribution is -2.33. The molecule has 1 aliphatic heterocycles. The smallest absolute Gasteiger partial charge is 0.282 e. The Labute approximate surface area is 182 Å². The van der Waals surface area contributed by atoms with Crippen molar-refractivity contribution in [3.05, 3.63) is 89.6 Å². The Morgan fingerprint density at radius 2 is 1.56 bits per heavy atom. The molecule has 32 heavy (non-hydrogen) atoms. The summed E-state index contributed by atoms with van der Waals surface area (Å²) >= 11 is 0. The molecule has 6 nitrogen and oxygen atoms in total. The van der Waals surface area contributed by atoms with Crippen LogP contribution in [0, 0.1) is 11.6 Å². The number of benzene rings is 3. The molecule has 3 aromatic carbocycles. The van der Waals surface area contributed by atoms with Gasteiger partial charge < -0.3 is 14.8 Å². The molecular weight excluding hydrogens is 418 g/mol. The summed E-state index contributed by atoms with van der Waals surface area (Å²) < 4.78 is 38.4. The van der Waals surface area contributed by atoms with Crippen LogP contribution in [-0.2, 0) is 9.59 Å². The lowest BCUT2D eigenvalue weighted by Gasteiger charge is -2.16. The number of imide groups is 1. The van der Waals surface area contributed by atoms with Crippen LogP contribution in [0.3, 0.4) is 0 Å². The number of methoxy groups -OCH3 is 2. The fourth-order valence-corrected chi connectivity index (χ4v) is 3.44. The fraction of sp³-hybridized carbons (Fsp3) is 0.0833. The Kier molecular flexibility index (Phi) is 5.59. The first kappa shape index (κ1) is 21.0. The Morgan fingerprint density at radius 1 is 0.844 bits per heavy atom. The molecule has 2 amide bonds. The predicted molar refractivity (Wildman–Crippen MR) is 115 cm³/mol. The van der Waals surface area contributed by atoms with Crippen molar-refractivity contribution in [1.29, 1.82) is 0 Å². The summed E-state index contributed by atoms with van der Waals surface area (Å²) in [5, 5.41) is 2.96. The number of hydrogen-bond acceptors (Lipinski definition) is 5. The molecule has 162 valence electrons. The number of carbonyl (C=O) groups is 2. The highest BCUT2D eigenvalue weighted by molar-refractivity contribution is 6.46. The van der Waals surface area contributed by atoms with Crippen molar-refractivity contribution < 1.29 is 27.8 Å². The molecule has 0 bridgehead atoms. The summed E-state index contributed by atoms with van der Waals surface area (Å²) in [6, 6.07) is 16.0. The molecule has 1 aliphatic rings. The summed E-state index contributed by atoms with van der Waals surface area (Å²) in [7, 11) is 2.98. The molecule has 0 aliphatic carbocycles. The van der Waals surface area contributed by atoms with Crippen LogP contribution in [0.1, 0.15) is 5.56 Å². The fourth-order valence-electron chi connectivity index (χ4n) is 3.44. The average Bonchev–Trinajstić information content (AvgIpc) is 3.04. The van der Waals surface area contributed by atoms with Gasteiger partial charge in [-0.3, -0.25) is 9.59 Å². The highest BCUT2D eigenvalue weighted by atomic mass is 19.1. The van der Waals surface area contributed by atoms with Crippen LogP contribution in [0.15, 0.2) is 72.4 Å². The van der Waals surface area contributed by atoms with Crippen molar-refractivity contribution >= 4 is 28.8 Å². The van der Waals surface area contributed by atoms with Crippen molar-refractivity contribution in [3.8, 4) is 11.5 Å². The molecule has 0 aromatic heterocycles. The molecule has 1 heterocycles. The third-order valence-electron chi connectivity index (χ3n) is 4.98. The maximum atomic E-state index is 14.5. The van der Waals surface area contributed by atoms with Crippen LogP contribution < -0.4 is 19.7 Å². The molecule has 0 spiro atoms. The Morgan fingerprint density at radius 3 is 2.22 bits per heavy atom. The van der Waals surface area contributed by atoms with E-state index in [1.54, 1.807) is 48.5 Å². The molecule has 0 fully saturated rings. The second-order valence-electron chi connectivity index (χ2n) is 6.85. The number of amides is 2. The van der Waals surface area contributed by atoms with Gasteiger partial charge in [-0.2, -0.15) is 0 Å². The summed E-state index contributed by atoms with van der Waals surface area (Å²) in [5.74, 6) is -2.37. The van der Waals surface area contributed by atoms with Crippen LogP contribution in [0.2, 0.25) is 0 Å². The van der Waals surface area contributed by atoms with Crippen molar-refractivity contribution in [1.82, 2.24) is 0 Å². The lowest BCUT2D eigenvalue weighted by atomic mass is 10.0. The van der Waals surface area contributed by atoms with E-state index in [1.165, 1.54) is 14.2 Å². The molecule has 0 unspecified atom stereocenters. The number of ether oxygens (including phenoxy) is 2. The molecule has 3 aromatic rings. The zero-order chi connectivity index (χ0) is 22.8. The van der Waals surface area contributed by atoms with Gasteiger partial charge in [0.1, 0.15) is 28.8 Å². The van der Waals surface area contributed by atoms with Crippen molar-refractivity contribution in [2.75, 3.05) is 24.4 Å². The molecule has 0 saturated heterocycles. The second kappa shape index (κ2) is 8.50. The van der Waals surface area contributed by atoms with Crippen molar-refractivity contribution in [3.63, 3.8) is 0 Å². The number of nitrogens with one attached hydrogen (secondary N) is 1. The first-order valence-corrected chi connectivity index (χ1v) is 9.57. The SMILES string of the molecule is COc1ccc(C2=C(Nc3ccccc3OC)C(=O)N(c3ccc(F)cc3F)C2=O)cc1. The van der Waals surface area contributed by atoms with Crippen LogP contribution in [0.25, 0.3) is 5.57 Å². The monoisotopic (exact) mass is 436 g/mol. The van der Waals surface area contributed by atoms with E-state index in [2.05, 4.69) is 5.32 Å². The van der Waals surface area contributed by atoms with E-state index in [0.29, 0.717) is 33.7 Å². The van der Waals surface area contributed by atoms with Gasteiger partial charge in [0.25, 0.3) is 11.8 Å². The standard InChI is InChI=1S/C24H18F2N2O4/c1-31-16-10-7-14(8-11-16)21-22(27-18-5-3-4-6-20(18)32-2)24(30)28(23(21)29)19-12-9-15(25)13-17(19)26/h3-13,27H,1-2H3. The number of anilines is 2.